The molecule has 3 rings (SSSR count). The molecule has 0 spiro atoms. The van der Waals surface area contributed by atoms with Crippen molar-refractivity contribution in [1.29, 1.82) is 0 Å². The number of aliphatic hydroxyl groups excluding tert-OH is 1. The van der Waals surface area contributed by atoms with E-state index < -0.39 is 0 Å². The van der Waals surface area contributed by atoms with Gasteiger partial charge in [0.25, 0.3) is 0 Å². The lowest BCUT2D eigenvalue weighted by Crippen LogP contribution is -2.47. The van der Waals surface area contributed by atoms with Crippen LogP contribution in [0, 0.1) is 25.7 Å². The van der Waals surface area contributed by atoms with Crippen LogP contribution >= 0.6 is 0 Å². The number of benzene rings is 1. The van der Waals surface area contributed by atoms with Crippen molar-refractivity contribution in [2.45, 2.75) is 65.0 Å². The summed E-state index contributed by atoms with van der Waals surface area (Å²) in [7, 11) is 1.64. The first-order valence-electron chi connectivity index (χ1n) is 9.81. The number of carbonyl (C=O) groups is 1. The van der Waals surface area contributed by atoms with Gasteiger partial charge in [-0.3, -0.25) is 0 Å². The van der Waals surface area contributed by atoms with Crippen molar-refractivity contribution in [2.75, 3.05) is 19.0 Å². The highest BCUT2D eigenvalue weighted by molar-refractivity contribution is 5.91. The smallest absolute Gasteiger partial charge is 0.322 e. The van der Waals surface area contributed by atoms with Crippen LogP contribution in [-0.2, 0) is 0 Å². The highest BCUT2D eigenvalue weighted by atomic mass is 16.5. The number of aliphatic hydroxyl groups is 1. The molecule has 1 aromatic rings. The van der Waals surface area contributed by atoms with Crippen LogP contribution in [0.1, 0.15) is 50.2 Å². The number of methoxy groups -OCH3 is 1. The second-order valence-electron chi connectivity index (χ2n) is 8.12. The van der Waals surface area contributed by atoms with Crippen LogP contribution in [0.3, 0.4) is 0 Å². The molecule has 2 aliphatic rings. The summed E-state index contributed by atoms with van der Waals surface area (Å²) in [6.45, 7) is 7.01. The Hall–Kier alpha value is -1.75. The molecule has 2 fully saturated rings. The quantitative estimate of drug-likeness (QED) is 0.853. The van der Waals surface area contributed by atoms with E-state index in [9.17, 15) is 9.90 Å². The molecule has 5 heteroatoms. The van der Waals surface area contributed by atoms with E-state index in [-0.39, 0.29) is 24.1 Å². The van der Waals surface area contributed by atoms with E-state index in [1.165, 1.54) is 0 Å². The molecule has 1 saturated heterocycles. The van der Waals surface area contributed by atoms with E-state index in [0.29, 0.717) is 5.92 Å². The molecule has 2 N–H and O–H groups in total. The number of amides is 2. The second kappa shape index (κ2) is 7.87. The van der Waals surface area contributed by atoms with E-state index in [2.05, 4.69) is 12.2 Å². The van der Waals surface area contributed by atoms with Crippen LogP contribution in [0.2, 0.25) is 0 Å². The number of carbonyl (C=O) groups excluding carboxylic acids is 1. The topological polar surface area (TPSA) is 61.8 Å². The lowest BCUT2D eigenvalue weighted by molar-refractivity contribution is 0.0165. The normalized spacial score (nSPS) is 28.9. The van der Waals surface area contributed by atoms with E-state index >= 15 is 0 Å². The molecule has 4 atom stereocenters. The predicted molar refractivity (Wildman–Crippen MR) is 104 cm³/mol. The maximum absolute atomic E-state index is 13.0. The summed E-state index contributed by atoms with van der Waals surface area (Å²) < 4.78 is 5.39. The number of nitrogens with one attached hydrogen (secondary N) is 1. The van der Waals surface area contributed by atoms with E-state index in [4.69, 9.17) is 4.74 Å². The van der Waals surface area contributed by atoms with Gasteiger partial charge in [0.05, 0.1) is 13.2 Å². The van der Waals surface area contributed by atoms with Crippen molar-refractivity contribution in [2.24, 2.45) is 11.8 Å². The molecule has 0 radical (unpaired) electrons. The zero-order valence-electron chi connectivity index (χ0n) is 16.4. The molecule has 1 heterocycles. The maximum atomic E-state index is 13.0. The van der Waals surface area contributed by atoms with Gasteiger partial charge in [0, 0.05) is 30.3 Å². The predicted octanol–water partition coefficient (Wildman–Crippen LogP) is 4.11. The molecule has 2 amide bonds. The minimum absolute atomic E-state index is 0.0630. The third-order valence-corrected chi connectivity index (χ3v) is 6.16. The lowest BCUT2D eigenvalue weighted by atomic mass is 9.76. The van der Waals surface area contributed by atoms with Crippen molar-refractivity contribution in [1.82, 2.24) is 4.90 Å². The molecule has 1 saturated carbocycles. The molecule has 0 aromatic heterocycles. The summed E-state index contributed by atoms with van der Waals surface area (Å²) in [4.78, 5) is 14.9. The van der Waals surface area contributed by atoms with Gasteiger partial charge in [-0.05, 0) is 63.0 Å². The third-order valence-electron chi connectivity index (χ3n) is 6.16. The summed E-state index contributed by atoms with van der Waals surface area (Å²) in [6, 6.07) is 4.00. The lowest BCUT2D eigenvalue weighted by Gasteiger charge is -2.39. The minimum atomic E-state index is -0.286. The van der Waals surface area contributed by atoms with Crippen LogP contribution < -0.4 is 10.1 Å². The summed E-state index contributed by atoms with van der Waals surface area (Å²) in [6.07, 6.45) is 4.65. The van der Waals surface area contributed by atoms with Crippen LogP contribution in [0.5, 0.6) is 5.75 Å². The van der Waals surface area contributed by atoms with Crippen LogP contribution in [0.25, 0.3) is 0 Å². The minimum Gasteiger partial charge on any atom is -0.496 e. The summed E-state index contributed by atoms with van der Waals surface area (Å²) >= 11 is 0. The number of rotatable bonds is 3. The molecule has 5 nitrogen and oxygen atoms in total. The Morgan fingerprint density at radius 3 is 2.73 bits per heavy atom. The van der Waals surface area contributed by atoms with Crippen LogP contribution in [0.4, 0.5) is 10.5 Å². The SMILES string of the molecule is COc1cc(NC(=O)N2CCCC2C2CC(C)CCC2O)c(C)cc1C. The Kier molecular flexibility index (Phi) is 5.76. The Morgan fingerprint density at radius 1 is 1.23 bits per heavy atom. The fraction of sp³-hybridized carbons (Fsp3) is 0.667. The molecular weight excluding hydrogens is 328 g/mol. The molecular formula is C21H32N2O3. The number of anilines is 1. The van der Waals surface area contributed by atoms with Gasteiger partial charge in [0.15, 0.2) is 0 Å². The van der Waals surface area contributed by atoms with Crippen molar-refractivity contribution in [3.05, 3.63) is 23.3 Å². The first-order chi connectivity index (χ1) is 12.4. The second-order valence-corrected chi connectivity index (χ2v) is 8.12. The van der Waals surface area contributed by atoms with Gasteiger partial charge in [0.1, 0.15) is 5.75 Å². The number of likely N-dealkylation sites (tertiary alicyclic amines) is 1. The average molecular weight is 360 g/mol. The molecule has 26 heavy (non-hydrogen) atoms. The van der Waals surface area contributed by atoms with E-state index in [1.807, 2.05) is 30.9 Å². The van der Waals surface area contributed by atoms with Crippen molar-refractivity contribution in [3.63, 3.8) is 0 Å². The Balaban J connectivity index is 1.75. The van der Waals surface area contributed by atoms with Crippen LogP contribution in [0.15, 0.2) is 12.1 Å². The number of hydrogen-bond donors (Lipinski definition) is 2. The summed E-state index contributed by atoms with van der Waals surface area (Å²) in [5.41, 5.74) is 2.88. The number of ether oxygens (including phenoxy) is 1. The monoisotopic (exact) mass is 360 g/mol. The molecule has 144 valence electrons. The molecule has 1 aliphatic carbocycles. The Labute approximate surface area is 156 Å². The maximum Gasteiger partial charge on any atom is 0.322 e. The fourth-order valence-electron chi connectivity index (χ4n) is 4.69. The fourth-order valence-corrected chi connectivity index (χ4v) is 4.69. The number of hydrogen-bond acceptors (Lipinski definition) is 3. The largest absolute Gasteiger partial charge is 0.496 e. The Bertz CT molecular complexity index is 661. The molecule has 1 aliphatic heterocycles. The van der Waals surface area contributed by atoms with Crippen LogP contribution in [-0.4, -0.2) is 41.8 Å². The first kappa shape index (κ1) is 19.0. The molecule has 1 aromatic carbocycles. The van der Waals surface area contributed by atoms with E-state index in [0.717, 1.165) is 61.2 Å². The zero-order chi connectivity index (χ0) is 18.8. The highest BCUT2D eigenvalue weighted by Gasteiger charge is 2.40. The van der Waals surface area contributed by atoms with Gasteiger partial charge in [-0.2, -0.15) is 0 Å². The third kappa shape index (κ3) is 3.83. The summed E-state index contributed by atoms with van der Waals surface area (Å²) in [5, 5.41) is 13.6. The van der Waals surface area contributed by atoms with Gasteiger partial charge in [-0.1, -0.05) is 13.0 Å². The van der Waals surface area contributed by atoms with Crippen molar-refractivity contribution >= 4 is 11.7 Å². The van der Waals surface area contributed by atoms with Gasteiger partial charge in [-0.15, -0.1) is 0 Å². The van der Waals surface area contributed by atoms with Crippen molar-refractivity contribution in [3.8, 4) is 5.75 Å². The van der Waals surface area contributed by atoms with Gasteiger partial charge in [0.2, 0.25) is 0 Å². The van der Waals surface area contributed by atoms with Gasteiger partial charge in [-0.25, -0.2) is 4.79 Å². The van der Waals surface area contributed by atoms with E-state index in [1.54, 1.807) is 7.11 Å². The standard InChI is InChI=1S/C21H32N2O3/c1-13-7-8-19(24)16(10-13)18-6-5-9-23(18)21(25)22-17-12-20(26-4)15(3)11-14(17)2/h11-13,16,18-19,24H,5-10H2,1-4H3,(H,22,25). The van der Waals surface area contributed by atoms with Crippen molar-refractivity contribution < 1.29 is 14.6 Å². The first-order valence-corrected chi connectivity index (χ1v) is 9.81. The number of nitrogens with zero attached hydrogens (tertiary/aromatic N) is 1. The average Bonchev–Trinajstić information content (AvgIpc) is 3.09. The Morgan fingerprint density at radius 2 is 2.00 bits per heavy atom. The van der Waals surface area contributed by atoms with Gasteiger partial charge >= 0.3 is 6.03 Å². The summed E-state index contributed by atoms with van der Waals surface area (Å²) in [5.74, 6) is 1.60. The number of aryl methyl sites for hydroxylation is 2. The number of urea groups is 1. The molecule has 4 unspecified atom stereocenters. The highest BCUT2D eigenvalue weighted by Crippen LogP contribution is 2.37. The molecule has 0 bridgehead atoms. The zero-order valence-corrected chi connectivity index (χ0v) is 16.4. The van der Waals surface area contributed by atoms with Gasteiger partial charge < -0.3 is 20.1 Å².